The van der Waals surface area contributed by atoms with Gasteiger partial charge in [0.25, 0.3) is 0 Å². The van der Waals surface area contributed by atoms with Gasteiger partial charge in [0.2, 0.25) is 5.91 Å². The molecule has 3 rings (SSSR count). The highest BCUT2D eigenvalue weighted by Crippen LogP contribution is 2.44. The fourth-order valence-electron chi connectivity index (χ4n) is 3.99. The number of nitrogens with one attached hydrogen (secondary N) is 2. The van der Waals surface area contributed by atoms with Crippen LogP contribution in [0, 0.1) is 0 Å². The van der Waals surface area contributed by atoms with E-state index in [9.17, 15) is 27.9 Å². The Hall–Kier alpha value is -3.40. The van der Waals surface area contributed by atoms with Crippen LogP contribution in [0.15, 0.2) is 48.5 Å². The number of benzene rings is 2. The van der Waals surface area contributed by atoms with Crippen LogP contribution in [0.2, 0.25) is 0 Å². The van der Waals surface area contributed by atoms with E-state index in [4.69, 9.17) is 4.74 Å². The number of sulfone groups is 1. The monoisotopic (exact) mass is 488 g/mol. The van der Waals surface area contributed by atoms with E-state index >= 15 is 0 Å². The molecule has 2 aromatic rings. The number of carbonyl (C=O) groups is 3. The lowest BCUT2D eigenvalue weighted by atomic mass is 9.98. The first-order valence-corrected chi connectivity index (χ1v) is 13.0. The number of carboxylic acids is 1. The minimum Gasteiger partial charge on any atom is -0.480 e. The van der Waals surface area contributed by atoms with E-state index in [1.54, 1.807) is 6.92 Å². The van der Waals surface area contributed by atoms with Gasteiger partial charge in [-0.15, -0.1) is 0 Å². The summed E-state index contributed by atoms with van der Waals surface area (Å²) < 4.78 is 28.6. The van der Waals surface area contributed by atoms with Gasteiger partial charge in [-0.3, -0.25) is 4.79 Å². The summed E-state index contributed by atoms with van der Waals surface area (Å²) in [5, 5.41) is 13.9. The molecule has 182 valence electrons. The van der Waals surface area contributed by atoms with Gasteiger partial charge in [0.05, 0.1) is 5.75 Å². The third-order valence-electron chi connectivity index (χ3n) is 5.75. The number of fused-ring (bicyclic) bond motifs is 3. The van der Waals surface area contributed by atoms with Crippen molar-refractivity contribution in [2.75, 3.05) is 18.6 Å². The predicted molar refractivity (Wildman–Crippen MR) is 126 cm³/mol. The molecule has 0 spiro atoms. The highest BCUT2D eigenvalue weighted by molar-refractivity contribution is 7.90. The van der Waals surface area contributed by atoms with Crippen LogP contribution in [-0.4, -0.2) is 62.2 Å². The average molecular weight is 489 g/mol. The first-order chi connectivity index (χ1) is 16.1. The van der Waals surface area contributed by atoms with E-state index in [0.29, 0.717) is 0 Å². The van der Waals surface area contributed by atoms with Crippen LogP contribution in [0.4, 0.5) is 4.79 Å². The van der Waals surface area contributed by atoms with Crippen molar-refractivity contribution in [2.45, 2.75) is 37.8 Å². The normalized spacial score (nSPS) is 14.4. The Balaban J connectivity index is 1.69. The highest BCUT2D eigenvalue weighted by atomic mass is 32.2. The second-order valence-electron chi connectivity index (χ2n) is 8.25. The smallest absolute Gasteiger partial charge is 0.407 e. The van der Waals surface area contributed by atoms with E-state index in [2.05, 4.69) is 10.6 Å². The molecule has 0 fully saturated rings. The van der Waals surface area contributed by atoms with Crippen LogP contribution in [0.5, 0.6) is 0 Å². The van der Waals surface area contributed by atoms with Crippen LogP contribution >= 0.6 is 0 Å². The summed E-state index contributed by atoms with van der Waals surface area (Å²) in [5.41, 5.74) is 4.18. The molecule has 0 bridgehead atoms. The standard InChI is InChI=1S/C24H28N2O7S/c1-3-20(23(28)29)25-22(27)21(12-13-34(2,31)32)26-24(30)33-14-19-17-10-6-4-8-15(17)16-9-5-7-11-18(16)19/h4-11,19-21H,3,12-14H2,1-2H3,(H,25,27)(H,26,30)(H,28,29). The summed E-state index contributed by atoms with van der Waals surface area (Å²) in [6, 6.07) is 13.2. The van der Waals surface area contributed by atoms with Gasteiger partial charge >= 0.3 is 12.1 Å². The van der Waals surface area contributed by atoms with Crippen molar-refractivity contribution in [3.63, 3.8) is 0 Å². The molecule has 2 unspecified atom stereocenters. The molecule has 9 nitrogen and oxygen atoms in total. The Kier molecular flexibility index (Phi) is 7.93. The van der Waals surface area contributed by atoms with E-state index < -0.39 is 39.9 Å². The number of carboxylic acid groups (broad SMARTS) is 1. The van der Waals surface area contributed by atoms with Crippen molar-refractivity contribution in [3.8, 4) is 11.1 Å². The molecule has 2 amide bonds. The molecule has 0 radical (unpaired) electrons. The number of hydrogen-bond donors (Lipinski definition) is 3. The average Bonchev–Trinajstić information content (AvgIpc) is 3.11. The number of carbonyl (C=O) groups excluding carboxylic acids is 2. The highest BCUT2D eigenvalue weighted by Gasteiger charge is 2.30. The number of rotatable bonds is 10. The minimum absolute atomic E-state index is 0.0208. The quantitative estimate of drug-likeness (QED) is 0.466. The number of alkyl carbamates (subject to hydrolysis) is 1. The van der Waals surface area contributed by atoms with Crippen LogP contribution < -0.4 is 10.6 Å². The molecule has 0 aromatic heterocycles. The molecule has 3 N–H and O–H groups in total. The molecule has 1 aliphatic carbocycles. The molecule has 1 aliphatic rings. The summed E-state index contributed by atoms with van der Waals surface area (Å²) in [6.45, 7) is 1.61. The van der Waals surface area contributed by atoms with Gasteiger partial charge in [-0.25, -0.2) is 18.0 Å². The molecule has 0 aliphatic heterocycles. The summed E-state index contributed by atoms with van der Waals surface area (Å²) in [4.78, 5) is 36.4. The Morgan fingerprint density at radius 2 is 1.53 bits per heavy atom. The molecule has 0 saturated heterocycles. The Labute approximate surface area is 198 Å². The third-order valence-corrected chi connectivity index (χ3v) is 6.73. The number of hydrogen-bond acceptors (Lipinski definition) is 6. The van der Waals surface area contributed by atoms with Crippen molar-refractivity contribution in [1.29, 1.82) is 0 Å². The Bertz CT molecular complexity index is 1130. The Morgan fingerprint density at radius 1 is 0.971 bits per heavy atom. The van der Waals surface area contributed by atoms with Gasteiger partial charge in [0.1, 0.15) is 28.5 Å². The number of amides is 2. The maximum atomic E-state index is 12.6. The van der Waals surface area contributed by atoms with Crippen molar-refractivity contribution >= 4 is 27.8 Å². The van der Waals surface area contributed by atoms with Gasteiger partial charge in [0, 0.05) is 12.2 Å². The molecule has 0 saturated carbocycles. The zero-order chi connectivity index (χ0) is 24.9. The summed E-state index contributed by atoms with van der Waals surface area (Å²) in [7, 11) is -3.42. The van der Waals surface area contributed by atoms with Crippen molar-refractivity contribution < 1.29 is 32.6 Å². The Morgan fingerprint density at radius 3 is 2.03 bits per heavy atom. The van der Waals surface area contributed by atoms with E-state index in [1.807, 2.05) is 48.5 Å². The van der Waals surface area contributed by atoms with Gasteiger partial charge < -0.3 is 20.5 Å². The first kappa shape index (κ1) is 25.2. The molecule has 34 heavy (non-hydrogen) atoms. The lowest BCUT2D eigenvalue weighted by Crippen LogP contribution is -2.52. The second-order valence-corrected chi connectivity index (χ2v) is 10.5. The van der Waals surface area contributed by atoms with Crippen LogP contribution in [-0.2, 0) is 24.2 Å². The maximum absolute atomic E-state index is 12.6. The zero-order valence-corrected chi connectivity index (χ0v) is 19.8. The predicted octanol–water partition coefficient (Wildman–Crippen LogP) is 2.31. The lowest BCUT2D eigenvalue weighted by molar-refractivity contribution is -0.142. The fourth-order valence-corrected chi connectivity index (χ4v) is 4.66. The maximum Gasteiger partial charge on any atom is 0.407 e. The fraction of sp³-hybridized carbons (Fsp3) is 0.375. The molecule has 2 atom stereocenters. The van der Waals surface area contributed by atoms with Gasteiger partial charge in [-0.05, 0) is 35.1 Å². The van der Waals surface area contributed by atoms with Gasteiger partial charge in [0.15, 0.2) is 0 Å². The van der Waals surface area contributed by atoms with Gasteiger partial charge in [-0.1, -0.05) is 55.5 Å². The number of aliphatic carboxylic acids is 1. The minimum atomic E-state index is -3.42. The van der Waals surface area contributed by atoms with Crippen LogP contribution in [0.3, 0.4) is 0 Å². The summed E-state index contributed by atoms with van der Waals surface area (Å²) in [6.07, 6.45) is 0.0378. The SMILES string of the molecule is CCC(NC(=O)C(CCS(C)(=O)=O)NC(=O)OCC1c2ccccc2-c2ccccc21)C(=O)O. The largest absolute Gasteiger partial charge is 0.480 e. The first-order valence-electron chi connectivity index (χ1n) is 10.9. The van der Waals surface area contributed by atoms with Crippen molar-refractivity contribution in [2.24, 2.45) is 0 Å². The van der Waals surface area contributed by atoms with Crippen LogP contribution in [0.25, 0.3) is 11.1 Å². The second kappa shape index (κ2) is 10.7. The third kappa shape index (κ3) is 6.13. The molecule has 10 heteroatoms. The number of ether oxygens (including phenoxy) is 1. The molecular weight excluding hydrogens is 460 g/mol. The topological polar surface area (TPSA) is 139 Å². The summed E-state index contributed by atoms with van der Waals surface area (Å²) in [5.74, 6) is -2.55. The molecular formula is C24H28N2O7S. The zero-order valence-electron chi connectivity index (χ0n) is 19.0. The van der Waals surface area contributed by atoms with Crippen molar-refractivity contribution in [3.05, 3.63) is 59.7 Å². The van der Waals surface area contributed by atoms with E-state index in [1.165, 1.54) is 0 Å². The van der Waals surface area contributed by atoms with E-state index in [-0.39, 0.29) is 31.1 Å². The van der Waals surface area contributed by atoms with Gasteiger partial charge in [-0.2, -0.15) is 0 Å². The lowest BCUT2D eigenvalue weighted by Gasteiger charge is -2.21. The summed E-state index contributed by atoms with van der Waals surface area (Å²) >= 11 is 0. The van der Waals surface area contributed by atoms with Crippen molar-refractivity contribution in [1.82, 2.24) is 10.6 Å². The van der Waals surface area contributed by atoms with Crippen LogP contribution in [0.1, 0.15) is 36.8 Å². The molecule has 0 heterocycles. The van der Waals surface area contributed by atoms with E-state index in [0.717, 1.165) is 28.5 Å². The molecule has 2 aromatic carbocycles.